The highest BCUT2D eigenvalue weighted by Gasteiger charge is 2.51. The van der Waals surface area contributed by atoms with Crippen LogP contribution >= 0.6 is 0 Å². The number of rotatable bonds is 13. The van der Waals surface area contributed by atoms with Crippen molar-refractivity contribution in [2.75, 3.05) is 20.3 Å². The van der Waals surface area contributed by atoms with Crippen LogP contribution in [0.15, 0.2) is 72.3 Å². The van der Waals surface area contributed by atoms with Gasteiger partial charge in [-0.1, -0.05) is 122 Å². The highest BCUT2D eigenvalue weighted by molar-refractivity contribution is 6.99. The predicted molar refractivity (Wildman–Crippen MR) is 176 cm³/mol. The first kappa shape index (κ1) is 34.7. The summed E-state index contributed by atoms with van der Waals surface area (Å²) in [6.07, 6.45) is 1.80. The van der Waals surface area contributed by atoms with Crippen molar-refractivity contribution in [3.8, 4) is 0 Å². The van der Waals surface area contributed by atoms with E-state index in [9.17, 15) is 5.11 Å². The van der Waals surface area contributed by atoms with Gasteiger partial charge in [-0.25, -0.2) is 0 Å². The molecule has 0 radical (unpaired) electrons. The number of benzene rings is 2. The van der Waals surface area contributed by atoms with Crippen LogP contribution in [0.5, 0.6) is 0 Å². The van der Waals surface area contributed by atoms with Crippen molar-refractivity contribution in [2.45, 2.75) is 97.7 Å². The summed E-state index contributed by atoms with van der Waals surface area (Å²) in [5, 5.41) is 12.3. The molecule has 0 aliphatic carbocycles. The average Bonchev–Trinajstić information content (AvgIpc) is 2.89. The maximum Gasteiger partial charge on any atom is 0.261 e. The minimum absolute atomic E-state index is 0.0207. The molecule has 0 fully saturated rings. The van der Waals surface area contributed by atoms with Crippen LogP contribution in [-0.4, -0.2) is 54.3 Å². The zero-order valence-electron chi connectivity index (χ0n) is 27.2. The van der Waals surface area contributed by atoms with Crippen LogP contribution in [0, 0.1) is 11.8 Å². The van der Waals surface area contributed by atoms with E-state index in [4.69, 9.17) is 13.6 Å². The smallest absolute Gasteiger partial charge is 0.261 e. The fraction of sp³-hybridized carbons (Fsp3) is 0.588. The van der Waals surface area contributed by atoms with Crippen molar-refractivity contribution in [1.29, 1.82) is 0 Å². The summed E-state index contributed by atoms with van der Waals surface area (Å²) in [6, 6.07) is 21.6. The predicted octanol–water partition coefficient (Wildman–Crippen LogP) is 7.18. The molecule has 0 unspecified atom stereocenters. The second-order valence-electron chi connectivity index (χ2n) is 14.0. The maximum atomic E-state index is 9.70. The molecule has 6 heteroatoms. The van der Waals surface area contributed by atoms with E-state index in [2.05, 4.69) is 129 Å². The summed E-state index contributed by atoms with van der Waals surface area (Å²) < 4.78 is 20.5. The van der Waals surface area contributed by atoms with Crippen LogP contribution in [0.3, 0.4) is 0 Å². The summed E-state index contributed by atoms with van der Waals surface area (Å²) >= 11 is 0. The second-order valence-corrected chi connectivity index (χ2v) is 23.1. The fourth-order valence-corrected chi connectivity index (χ4v) is 11.5. The van der Waals surface area contributed by atoms with Crippen molar-refractivity contribution in [2.24, 2.45) is 11.8 Å². The van der Waals surface area contributed by atoms with Crippen molar-refractivity contribution >= 4 is 27.0 Å². The first-order valence-electron chi connectivity index (χ1n) is 14.8. The molecule has 4 atom stereocenters. The third-order valence-corrected chi connectivity index (χ3v) is 18.3. The molecule has 0 aromatic heterocycles. The number of hydrogen-bond acceptors (Lipinski definition) is 4. The molecule has 40 heavy (non-hydrogen) atoms. The molecular formula is C34H56O4Si2. The first-order valence-corrected chi connectivity index (χ1v) is 19.6. The van der Waals surface area contributed by atoms with Gasteiger partial charge in [0.1, 0.15) is 0 Å². The van der Waals surface area contributed by atoms with Crippen molar-refractivity contribution in [3.05, 3.63) is 72.3 Å². The third kappa shape index (κ3) is 8.05. The Balaban J connectivity index is 2.58. The first-order chi connectivity index (χ1) is 18.5. The summed E-state index contributed by atoms with van der Waals surface area (Å²) in [4.78, 5) is 0. The number of aliphatic hydroxyl groups is 1. The number of aliphatic hydroxyl groups excluding tert-OH is 1. The van der Waals surface area contributed by atoms with Gasteiger partial charge in [-0.3, -0.25) is 0 Å². The summed E-state index contributed by atoms with van der Waals surface area (Å²) in [6.45, 7) is 25.5. The lowest BCUT2D eigenvalue weighted by molar-refractivity contribution is -0.0104. The van der Waals surface area contributed by atoms with Gasteiger partial charge in [0, 0.05) is 25.6 Å². The quantitative estimate of drug-likeness (QED) is 0.200. The van der Waals surface area contributed by atoms with Crippen LogP contribution in [-0.2, 0) is 13.6 Å². The molecule has 0 saturated heterocycles. The highest BCUT2D eigenvalue weighted by Crippen LogP contribution is 2.41. The number of ether oxygens (including phenoxy) is 1. The van der Waals surface area contributed by atoms with E-state index in [0.29, 0.717) is 6.61 Å². The summed E-state index contributed by atoms with van der Waals surface area (Å²) in [5.74, 6) is 0.185. The largest absolute Gasteiger partial charge is 0.413 e. The van der Waals surface area contributed by atoms with E-state index in [1.54, 1.807) is 7.11 Å². The van der Waals surface area contributed by atoms with Crippen LogP contribution in [0.2, 0.25) is 23.2 Å². The molecule has 0 aliphatic heterocycles. The molecule has 2 aromatic carbocycles. The van der Waals surface area contributed by atoms with Gasteiger partial charge in [0.2, 0.25) is 0 Å². The molecule has 2 rings (SSSR count). The van der Waals surface area contributed by atoms with Gasteiger partial charge in [-0.05, 0) is 46.0 Å². The monoisotopic (exact) mass is 584 g/mol. The molecule has 4 nitrogen and oxygen atoms in total. The van der Waals surface area contributed by atoms with E-state index in [1.165, 1.54) is 10.4 Å². The molecule has 0 aliphatic rings. The zero-order chi connectivity index (χ0) is 30.4. The lowest BCUT2D eigenvalue weighted by atomic mass is 9.89. The Labute approximate surface area is 247 Å². The van der Waals surface area contributed by atoms with E-state index in [1.807, 2.05) is 13.0 Å². The van der Waals surface area contributed by atoms with E-state index in [0.717, 1.165) is 5.57 Å². The van der Waals surface area contributed by atoms with Crippen molar-refractivity contribution < 1.29 is 18.7 Å². The van der Waals surface area contributed by atoms with Crippen molar-refractivity contribution in [3.63, 3.8) is 0 Å². The van der Waals surface area contributed by atoms with Crippen molar-refractivity contribution in [1.82, 2.24) is 0 Å². The van der Waals surface area contributed by atoms with Gasteiger partial charge < -0.3 is 18.7 Å². The van der Waals surface area contributed by atoms with Crippen LogP contribution in [0.1, 0.15) is 62.3 Å². The molecule has 2 aromatic rings. The Morgan fingerprint density at radius 3 is 1.70 bits per heavy atom. The Morgan fingerprint density at radius 1 is 0.850 bits per heavy atom. The topological polar surface area (TPSA) is 47.9 Å². The molecule has 224 valence electrons. The van der Waals surface area contributed by atoms with Gasteiger partial charge in [0.05, 0.1) is 18.8 Å². The van der Waals surface area contributed by atoms with Gasteiger partial charge >= 0.3 is 0 Å². The SMILES string of the molecule is CO[C@H](/C=C(\C)CO)[C@@H](C)[C@H](O[Si](C)(C)C(C)(C)C)[C@H](C)CO[Si](c1ccccc1)(c1ccccc1)C(C)(C)C. The summed E-state index contributed by atoms with van der Waals surface area (Å²) in [7, 11) is -3.04. The Kier molecular flexibility index (Phi) is 12.2. The minimum Gasteiger partial charge on any atom is -0.413 e. The van der Waals surface area contributed by atoms with Gasteiger partial charge in [-0.2, -0.15) is 0 Å². The van der Waals surface area contributed by atoms with E-state index in [-0.39, 0.29) is 40.7 Å². The molecule has 0 spiro atoms. The zero-order valence-corrected chi connectivity index (χ0v) is 29.2. The number of methoxy groups -OCH3 is 1. The Hall–Kier alpha value is -1.55. The summed E-state index contributed by atoms with van der Waals surface area (Å²) in [5.41, 5.74) is 0.904. The van der Waals surface area contributed by atoms with E-state index >= 15 is 0 Å². The minimum atomic E-state index is -2.68. The van der Waals surface area contributed by atoms with Crippen LogP contribution in [0.25, 0.3) is 0 Å². The van der Waals surface area contributed by atoms with Gasteiger partial charge in [0.25, 0.3) is 8.32 Å². The lowest BCUT2D eigenvalue weighted by Crippen LogP contribution is -2.67. The maximum absolute atomic E-state index is 9.70. The average molecular weight is 585 g/mol. The normalized spacial score (nSPS) is 16.9. The Bertz CT molecular complexity index is 1020. The van der Waals surface area contributed by atoms with Crippen LogP contribution in [0.4, 0.5) is 0 Å². The molecule has 1 N–H and O–H groups in total. The number of hydrogen-bond donors (Lipinski definition) is 1. The second kappa shape index (κ2) is 14.1. The van der Waals surface area contributed by atoms with Gasteiger partial charge in [0.15, 0.2) is 8.32 Å². The standard InChI is InChI=1S/C34H56O4Si2/c1-26(24-35)23-31(36-10)28(3)32(38-39(11,12)33(4,5)6)27(2)25-37-40(34(7,8)9,29-19-15-13-16-20-29)30-21-17-14-18-22-30/h13-23,27-28,31-32,35H,24-25H2,1-12H3/b26-23+/t27-,28-,31-,32-/m1/s1. The Morgan fingerprint density at radius 2 is 1.32 bits per heavy atom. The molecule has 0 heterocycles. The molecule has 0 saturated carbocycles. The van der Waals surface area contributed by atoms with Gasteiger partial charge in [-0.15, -0.1) is 0 Å². The van der Waals surface area contributed by atoms with Crippen LogP contribution < -0.4 is 10.4 Å². The highest BCUT2D eigenvalue weighted by atomic mass is 28.4. The fourth-order valence-electron chi connectivity index (χ4n) is 5.33. The van der Waals surface area contributed by atoms with E-state index < -0.39 is 16.6 Å². The lowest BCUT2D eigenvalue weighted by Gasteiger charge is -2.46. The molecule has 0 amide bonds. The third-order valence-electron chi connectivity index (χ3n) is 8.78. The molecular weight excluding hydrogens is 529 g/mol. The molecule has 0 bridgehead atoms.